The molecule has 0 bridgehead atoms. The van der Waals surface area contributed by atoms with E-state index in [1.807, 2.05) is 71.6 Å². The molecule has 154 valence electrons. The highest BCUT2D eigenvalue weighted by Gasteiger charge is 2.33. The normalized spacial score (nSPS) is 13.8. The number of anilines is 1. The minimum absolute atomic E-state index is 0.275. The molecule has 0 aliphatic carbocycles. The summed E-state index contributed by atoms with van der Waals surface area (Å²) >= 11 is 0. The maximum absolute atomic E-state index is 12.8. The van der Waals surface area contributed by atoms with Crippen LogP contribution in [0.5, 0.6) is 0 Å². The van der Waals surface area contributed by atoms with Crippen LogP contribution in [0.3, 0.4) is 0 Å². The number of hydrogen-bond donors (Lipinski definition) is 2. The topological polar surface area (TPSA) is 81.0 Å². The molecule has 4 aromatic rings. The number of para-hydroxylation sites is 2. The smallest absolute Gasteiger partial charge is 0.275 e. The maximum Gasteiger partial charge on any atom is 0.275 e. The van der Waals surface area contributed by atoms with Gasteiger partial charge in [0.1, 0.15) is 5.70 Å². The fourth-order valence-electron chi connectivity index (χ4n) is 3.97. The molecule has 0 atom stereocenters. The highest BCUT2D eigenvalue weighted by atomic mass is 16.2. The van der Waals surface area contributed by atoms with Gasteiger partial charge in [-0.1, -0.05) is 36.4 Å². The van der Waals surface area contributed by atoms with Crippen molar-refractivity contribution < 1.29 is 9.59 Å². The summed E-state index contributed by atoms with van der Waals surface area (Å²) in [6.45, 7) is 1.63. The first-order chi connectivity index (χ1) is 15.2. The Morgan fingerprint density at radius 1 is 0.935 bits per heavy atom. The van der Waals surface area contributed by atoms with Crippen LogP contribution in [0.2, 0.25) is 0 Å². The number of nitrogens with one attached hydrogen (secondary N) is 2. The van der Waals surface area contributed by atoms with Gasteiger partial charge in [-0.3, -0.25) is 14.9 Å². The van der Waals surface area contributed by atoms with Crippen LogP contribution in [0.25, 0.3) is 16.5 Å². The zero-order chi connectivity index (χ0) is 21.2. The van der Waals surface area contributed by atoms with Crippen LogP contribution < -0.4 is 10.6 Å². The third-order valence-electron chi connectivity index (χ3n) is 5.41. The molecule has 31 heavy (non-hydrogen) atoms. The van der Waals surface area contributed by atoms with E-state index in [-0.39, 0.29) is 11.6 Å². The van der Waals surface area contributed by atoms with Crippen molar-refractivity contribution in [2.24, 2.45) is 0 Å². The summed E-state index contributed by atoms with van der Waals surface area (Å²) < 4.78 is 4.19. The molecule has 0 saturated carbocycles. The van der Waals surface area contributed by atoms with Crippen molar-refractivity contribution in [3.8, 4) is 0 Å². The standard InChI is InChI=1S/C24H21N5O2/c30-23-21(22(24(31)27-23)26-17-7-2-1-3-8-17)19-15-29(20-10-5-4-9-18(19)20)13-6-12-28-14-11-25-16-28/h1-5,7-11,14-16H,6,12-13H2,(H2,26,27,30,31). The molecule has 2 aromatic carbocycles. The molecule has 7 nitrogen and oxygen atoms in total. The Hall–Kier alpha value is -4.13. The van der Waals surface area contributed by atoms with Crippen molar-refractivity contribution in [1.29, 1.82) is 0 Å². The molecular formula is C24H21N5O2. The second kappa shape index (κ2) is 7.95. The Balaban J connectivity index is 1.53. The van der Waals surface area contributed by atoms with Crippen molar-refractivity contribution in [3.63, 3.8) is 0 Å². The molecule has 2 N–H and O–H groups in total. The van der Waals surface area contributed by atoms with Crippen LogP contribution in [0.1, 0.15) is 12.0 Å². The molecule has 2 aromatic heterocycles. The number of aryl methyl sites for hydroxylation is 2. The number of rotatable bonds is 7. The Kier molecular flexibility index (Phi) is 4.84. The molecule has 0 fully saturated rings. The minimum Gasteiger partial charge on any atom is -0.350 e. The summed E-state index contributed by atoms with van der Waals surface area (Å²) in [6.07, 6.45) is 8.40. The van der Waals surface area contributed by atoms with Gasteiger partial charge in [-0.2, -0.15) is 0 Å². The summed E-state index contributed by atoms with van der Waals surface area (Å²) in [5, 5.41) is 6.51. The molecule has 1 aliphatic rings. The minimum atomic E-state index is -0.416. The van der Waals surface area contributed by atoms with Crippen molar-refractivity contribution in [2.75, 3.05) is 5.32 Å². The third kappa shape index (κ3) is 3.61. The largest absolute Gasteiger partial charge is 0.350 e. The lowest BCUT2D eigenvalue weighted by atomic mass is 10.0. The number of benzene rings is 2. The van der Waals surface area contributed by atoms with E-state index >= 15 is 0 Å². The van der Waals surface area contributed by atoms with E-state index in [0.29, 0.717) is 5.57 Å². The van der Waals surface area contributed by atoms with Gasteiger partial charge >= 0.3 is 0 Å². The summed E-state index contributed by atoms with van der Waals surface area (Å²) in [7, 11) is 0. The van der Waals surface area contributed by atoms with Gasteiger partial charge in [0.05, 0.1) is 11.9 Å². The Labute approximate surface area is 179 Å². The first-order valence-corrected chi connectivity index (χ1v) is 10.2. The molecule has 5 rings (SSSR count). The lowest BCUT2D eigenvalue weighted by Gasteiger charge is -2.07. The fraction of sp³-hybridized carbons (Fsp3) is 0.125. The van der Waals surface area contributed by atoms with Gasteiger partial charge in [0.2, 0.25) is 0 Å². The van der Waals surface area contributed by atoms with Gasteiger partial charge in [0.25, 0.3) is 11.8 Å². The third-order valence-corrected chi connectivity index (χ3v) is 5.41. The molecule has 1 aliphatic heterocycles. The van der Waals surface area contributed by atoms with Crippen LogP contribution >= 0.6 is 0 Å². The van der Waals surface area contributed by atoms with E-state index in [1.54, 1.807) is 12.5 Å². The average Bonchev–Trinajstić information content (AvgIpc) is 3.49. The van der Waals surface area contributed by atoms with Gasteiger partial charge in [-0.05, 0) is 24.6 Å². The SMILES string of the molecule is O=C1NC(=O)C(c2cn(CCCn3ccnc3)c3ccccc23)=C1Nc1ccccc1. The van der Waals surface area contributed by atoms with Gasteiger partial charge in [0.15, 0.2) is 0 Å². The van der Waals surface area contributed by atoms with Crippen LogP contribution in [0.4, 0.5) is 5.69 Å². The van der Waals surface area contributed by atoms with E-state index in [2.05, 4.69) is 20.2 Å². The number of imide groups is 1. The van der Waals surface area contributed by atoms with Crippen LogP contribution in [-0.2, 0) is 22.7 Å². The fourth-order valence-corrected chi connectivity index (χ4v) is 3.97. The molecule has 2 amide bonds. The van der Waals surface area contributed by atoms with Crippen molar-refractivity contribution in [1.82, 2.24) is 19.4 Å². The monoisotopic (exact) mass is 411 g/mol. The van der Waals surface area contributed by atoms with Gasteiger partial charge in [-0.25, -0.2) is 4.98 Å². The molecule has 0 spiro atoms. The zero-order valence-electron chi connectivity index (χ0n) is 16.8. The van der Waals surface area contributed by atoms with Crippen molar-refractivity contribution in [2.45, 2.75) is 19.5 Å². The first-order valence-electron chi connectivity index (χ1n) is 10.2. The second-order valence-corrected chi connectivity index (χ2v) is 7.43. The van der Waals surface area contributed by atoms with E-state index < -0.39 is 5.91 Å². The number of aromatic nitrogens is 3. The first kappa shape index (κ1) is 18.9. The number of carbonyl (C=O) groups excluding carboxylic acids is 2. The number of amides is 2. The van der Waals surface area contributed by atoms with Gasteiger partial charge < -0.3 is 14.5 Å². The molecule has 0 unspecified atom stereocenters. The summed E-state index contributed by atoms with van der Waals surface area (Å²) in [6, 6.07) is 17.3. The Bertz CT molecular complexity index is 1290. The van der Waals surface area contributed by atoms with Crippen LogP contribution in [0.15, 0.2) is 85.2 Å². The average molecular weight is 411 g/mol. The van der Waals surface area contributed by atoms with Crippen LogP contribution in [0, 0.1) is 0 Å². The van der Waals surface area contributed by atoms with E-state index in [1.165, 1.54) is 0 Å². The lowest BCUT2D eigenvalue weighted by Crippen LogP contribution is -2.24. The Morgan fingerprint density at radius 2 is 1.74 bits per heavy atom. The van der Waals surface area contributed by atoms with Crippen LogP contribution in [-0.4, -0.2) is 25.9 Å². The van der Waals surface area contributed by atoms with Crippen molar-refractivity contribution >= 4 is 34.0 Å². The number of fused-ring (bicyclic) bond motifs is 1. The molecule has 0 saturated heterocycles. The maximum atomic E-state index is 12.8. The molecule has 3 heterocycles. The number of imidazole rings is 1. The predicted molar refractivity (Wildman–Crippen MR) is 119 cm³/mol. The summed E-state index contributed by atoms with van der Waals surface area (Å²) in [4.78, 5) is 29.4. The molecule has 0 radical (unpaired) electrons. The number of nitrogens with zero attached hydrogens (tertiary/aromatic N) is 3. The number of carbonyl (C=O) groups is 2. The second-order valence-electron chi connectivity index (χ2n) is 7.43. The van der Waals surface area contributed by atoms with Gasteiger partial charge in [-0.15, -0.1) is 0 Å². The summed E-state index contributed by atoms with van der Waals surface area (Å²) in [5.74, 6) is -0.800. The van der Waals surface area contributed by atoms with Crippen molar-refractivity contribution in [3.05, 3.63) is 90.8 Å². The van der Waals surface area contributed by atoms with Gasteiger partial charge in [0, 0.05) is 53.8 Å². The summed E-state index contributed by atoms with van der Waals surface area (Å²) in [5.41, 5.74) is 3.18. The Morgan fingerprint density at radius 3 is 2.55 bits per heavy atom. The molecule has 7 heteroatoms. The highest BCUT2D eigenvalue weighted by Crippen LogP contribution is 2.32. The number of hydrogen-bond acceptors (Lipinski definition) is 4. The highest BCUT2D eigenvalue weighted by molar-refractivity contribution is 6.38. The zero-order valence-corrected chi connectivity index (χ0v) is 16.8. The lowest BCUT2D eigenvalue weighted by molar-refractivity contribution is -0.123. The predicted octanol–water partition coefficient (Wildman–Crippen LogP) is 3.41. The van der Waals surface area contributed by atoms with E-state index in [9.17, 15) is 9.59 Å². The van der Waals surface area contributed by atoms with E-state index in [0.717, 1.165) is 41.7 Å². The molecular weight excluding hydrogens is 390 g/mol. The van der Waals surface area contributed by atoms with E-state index in [4.69, 9.17) is 0 Å². The quantitative estimate of drug-likeness (QED) is 0.457.